The highest BCUT2D eigenvalue weighted by Gasteiger charge is 2.19. The molecule has 3 aromatic rings. The van der Waals surface area contributed by atoms with E-state index in [1.54, 1.807) is 42.5 Å². The maximum Gasteiger partial charge on any atom is 0.336 e. The first-order valence-electron chi connectivity index (χ1n) is 8.34. The lowest BCUT2D eigenvalue weighted by Crippen LogP contribution is -2.11. The molecule has 0 radical (unpaired) electrons. The number of benzene rings is 2. The Morgan fingerprint density at radius 2 is 1.77 bits per heavy atom. The van der Waals surface area contributed by atoms with Crippen LogP contribution in [0.3, 0.4) is 0 Å². The molecule has 1 atom stereocenters. The van der Waals surface area contributed by atoms with Crippen molar-refractivity contribution < 1.29 is 18.7 Å². The van der Waals surface area contributed by atoms with Crippen LogP contribution >= 0.6 is 0 Å². The van der Waals surface area contributed by atoms with E-state index in [0.717, 1.165) is 0 Å². The molecule has 0 saturated heterocycles. The molecule has 26 heavy (non-hydrogen) atoms. The molecule has 0 N–H and O–H groups in total. The second kappa shape index (κ2) is 7.35. The molecule has 1 unspecified atom stereocenters. The van der Waals surface area contributed by atoms with Crippen molar-refractivity contribution in [2.24, 2.45) is 0 Å². The van der Waals surface area contributed by atoms with Gasteiger partial charge in [0.2, 0.25) is 0 Å². The molecule has 1 heterocycles. The second-order valence-corrected chi connectivity index (χ2v) is 5.93. The summed E-state index contributed by atoms with van der Waals surface area (Å²) < 4.78 is 10.6. The van der Waals surface area contributed by atoms with E-state index in [4.69, 9.17) is 9.15 Å². The number of carbonyl (C=O) groups excluding carboxylic acids is 2. The number of rotatable bonds is 5. The lowest BCUT2D eigenvalue weighted by molar-refractivity contribution is -0.146. The number of esters is 1. The summed E-state index contributed by atoms with van der Waals surface area (Å²) >= 11 is 0. The van der Waals surface area contributed by atoms with Gasteiger partial charge >= 0.3 is 11.6 Å². The van der Waals surface area contributed by atoms with Crippen LogP contribution in [0.4, 0.5) is 0 Å². The molecule has 0 spiro atoms. The molecule has 3 rings (SSSR count). The fourth-order valence-electron chi connectivity index (χ4n) is 2.92. The van der Waals surface area contributed by atoms with Gasteiger partial charge in [0.15, 0.2) is 5.78 Å². The summed E-state index contributed by atoms with van der Waals surface area (Å²) in [6.45, 7) is 3.17. The molecule has 0 saturated carbocycles. The Kier molecular flexibility index (Phi) is 4.98. The van der Waals surface area contributed by atoms with Gasteiger partial charge in [0, 0.05) is 35.1 Å². The standard InChI is InChI=1S/C21H18O5/c1-3-18(25-13(2)22)17-12-20(23)26-19-10-9-15(11-16(17)19)21(24)14-7-5-4-6-8-14/h4-12,18H,3H2,1-2H3. The maximum atomic E-state index is 12.7. The monoisotopic (exact) mass is 350 g/mol. The molecule has 0 bridgehead atoms. The number of carbonyl (C=O) groups is 2. The fraction of sp³-hybridized carbons (Fsp3) is 0.190. The van der Waals surface area contributed by atoms with E-state index in [2.05, 4.69) is 0 Å². The zero-order valence-electron chi connectivity index (χ0n) is 14.5. The molecule has 0 aliphatic carbocycles. The van der Waals surface area contributed by atoms with Crippen LogP contribution in [0, 0.1) is 0 Å². The molecule has 0 aliphatic rings. The first-order valence-corrected chi connectivity index (χ1v) is 8.34. The van der Waals surface area contributed by atoms with Gasteiger partial charge in [-0.25, -0.2) is 4.79 Å². The molecule has 1 aromatic heterocycles. The number of hydrogen-bond acceptors (Lipinski definition) is 5. The Labute approximate surface area is 150 Å². The van der Waals surface area contributed by atoms with Gasteiger partial charge in [0.1, 0.15) is 11.7 Å². The molecule has 5 heteroatoms. The largest absolute Gasteiger partial charge is 0.458 e. The minimum Gasteiger partial charge on any atom is -0.458 e. The van der Waals surface area contributed by atoms with Crippen LogP contribution in [0.5, 0.6) is 0 Å². The third kappa shape index (κ3) is 3.57. The van der Waals surface area contributed by atoms with Gasteiger partial charge in [-0.15, -0.1) is 0 Å². The lowest BCUT2D eigenvalue weighted by Gasteiger charge is -2.17. The topological polar surface area (TPSA) is 73.6 Å². The van der Waals surface area contributed by atoms with Crippen LogP contribution in [0.2, 0.25) is 0 Å². The van der Waals surface area contributed by atoms with E-state index in [1.165, 1.54) is 13.0 Å². The Balaban J connectivity index is 2.14. The number of ketones is 1. The zero-order chi connectivity index (χ0) is 18.7. The SMILES string of the molecule is CCC(OC(C)=O)c1cc(=O)oc2ccc(C(=O)c3ccccc3)cc12. The average molecular weight is 350 g/mol. The highest BCUT2D eigenvalue weighted by Crippen LogP contribution is 2.29. The van der Waals surface area contributed by atoms with E-state index >= 15 is 0 Å². The first-order chi connectivity index (χ1) is 12.5. The van der Waals surface area contributed by atoms with Gasteiger partial charge < -0.3 is 9.15 Å². The zero-order valence-corrected chi connectivity index (χ0v) is 14.5. The van der Waals surface area contributed by atoms with Crippen molar-refractivity contribution >= 4 is 22.7 Å². The molecule has 2 aromatic carbocycles. The van der Waals surface area contributed by atoms with Crippen LogP contribution in [0.15, 0.2) is 63.8 Å². The van der Waals surface area contributed by atoms with Gasteiger partial charge in [0.25, 0.3) is 0 Å². The molecular weight excluding hydrogens is 332 g/mol. The van der Waals surface area contributed by atoms with Crippen molar-refractivity contribution in [1.82, 2.24) is 0 Å². The normalized spacial score (nSPS) is 11.9. The minimum atomic E-state index is -0.582. The molecule has 0 amide bonds. The predicted molar refractivity (Wildman–Crippen MR) is 97.2 cm³/mol. The van der Waals surface area contributed by atoms with Gasteiger partial charge in [-0.1, -0.05) is 37.3 Å². The van der Waals surface area contributed by atoms with Crippen LogP contribution in [0.25, 0.3) is 11.0 Å². The molecule has 0 fully saturated rings. The summed E-state index contributed by atoms with van der Waals surface area (Å²) in [5.41, 5.74) is 1.40. The average Bonchev–Trinajstić information content (AvgIpc) is 2.65. The van der Waals surface area contributed by atoms with E-state index in [9.17, 15) is 14.4 Å². The molecular formula is C21H18O5. The summed E-state index contributed by atoms with van der Waals surface area (Å²) in [4.78, 5) is 36.0. The Bertz CT molecular complexity index is 1020. The number of fused-ring (bicyclic) bond motifs is 1. The molecule has 132 valence electrons. The van der Waals surface area contributed by atoms with E-state index in [1.807, 2.05) is 13.0 Å². The minimum absolute atomic E-state index is 0.134. The Hall–Kier alpha value is -3.21. The van der Waals surface area contributed by atoms with Crippen molar-refractivity contribution in [1.29, 1.82) is 0 Å². The van der Waals surface area contributed by atoms with E-state index in [0.29, 0.717) is 34.1 Å². The van der Waals surface area contributed by atoms with Gasteiger partial charge in [-0.2, -0.15) is 0 Å². The Morgan fingerprint density at radius 1 is 1.04 bits per heavy atom. The van der Waals surface area contributed by atoms with Gasteiger partial charge in [0.05, 0.1) is 0 Å². The van der Waals surface area contributed by atoms with Crippen molar-refractivity contribution in [3.8, 4) is 0 Å². The number of hydrogen-bond donors (Lipinski definition) is 0. The second-order valence-electron chi connectivity index (χ2n) is 5.93. The third-order valence-corrected chi connectivity index (χ3v) is 4.10. The summed E-state index contributed by atoms with van der Waals surface area (Å²) in [6, 6.07) is 15.1. The van der Waals surface area contributed by atoms with Crippen LogP contribution in [-0.4, -0.2) is 11.8 Å². The van der Waals surface area contributed by atoms with Gasteiger partial charge in [-0.05, 0) is 24.6 Å². The third-order valence-electron chi connectivity index (χ3n) is 4.10. The van der Waals surface area contributed by atoms with Crippen LogP contribution in [-0.2, 0) is 9.53 Å². The van der Waals surface area contributed by atoms with Gasteiger partial charge in [-0.3, -0.25) is 9.59 Å². The fourth-order valence-corrected chi connectivity index (χ4v) is 2.92. The summed E-state index contributed by atoms with van der Waals surface area (Å²) in [6.07, 6.45) is -0.0872. The maximum absolute atomic E-state index is 12.7. The van der Waals surface area contributed by atoms with E-state index < -0.39 is 17.7 Å². The van der Waals surface area contributed by atoms with Crippen molar-refractivity contribution in [3.63, 3.8) is 0 Å². The smallest absolute Gasteiger partial charge is 0.336 e. The van der Waals surface area contributed by atoms with Crippen LogP contribution in [0.1, 0.15) is 47.9 Å². The lowest BCUT2D eigenvalue weighted by atomic mass is 9.97. The van der Waals surface area contributed by atoms with Crippen molar-refractivity contribution in [3.05, 3.63) is 81.7 Å². The molecule has 0 aliphatic heterocycles. The number of ether oxygens (including phenoxy) is 1. The van der Waals surface area contributed by atoms with Crippen molar-refractivity contribution in [2.75, 3.05) is 0 Å². The molecule has 5 nitrogen and oxygen atoms in total. The Morgan fingerprint density at radius 3 is 2.42 bits per heavy atom. The van der Waals surface area contributed by atoms with Crippen molar-refractivity contribution in [2.45, 2.75) is 26.4 Å². The van der Waals surface area contributed by atoms with Crippen LogP contribution < -0.4 is 5.63 Å². The first kappa shape index (κ1) is 17.6. The van der Waals surface area contributed by atoms with E-state index in [-0.39, 0.29) is 5.78 Å². The highest BCUT2D eigenvalue weighted by atomic mass is 16.5. The quantitative estimate of drug-likeness (QED) is 0.394. The predicted octanol–water partition coefficient (Wildman–Crippen LogP) is 4.04. The highest BCUT2D eigenvalue weighted by molar-refractivity contribution is 6.10. The summed E-state index contributed by atoms with van der Waals surface area (Å²) in [5.74, 6) is -0.569. The summed E-state index contributed by atoms with van der Waals surface area (Å²) in [7, 11) is 0. The summed E-state index contributed by atoms with van der Waals surface area (Å²) in [5, 5.41) is 0.583.